The van der Waals surface area contributed by atoms with Crippen molar-refractivity contribution in [3.8, 4) is 0 Å². The molecule has 2 N–H and O–H groups in total. The zero-order chi connectivity index (χ0) is 12.5. The Bertz CT molecular complexity index is 345. The lowest BCUT2D eigenvalue weighted by Gasteiger charge is -2.42. The normalized spacial score (nSPS) is 21.5. The summed E-state index contributed by atoms with van der Waals surface area (Å²) in [6.07, 6.45) is 4.04. The van der Waals surface area contributed by atoms with Crippen molar-refractivity contribution in [1.29, 1.82) is 0 Å². The molecule has 2 rings (SSSR count). The van der Waals surface area contributed by atoms with Gasteiger partial charge in [-0.05, 0) is 44.7 Å². The van der Waals surface area contributed by atoms with E-state index in [0.717, 1.165) is 12.5 Å². The van der Waals surface area contributed by atoms with E-state index in [1.807, 2.05) is 11.3 Å². The van der Waals surface area contributed by atoms with E-state index in [4.69, 9.17) is 5.73 Å². The van der Waals surface area contributed by atoms with Crippen LogP contribution >= 0.6 is 11.3 Å². The van der Waals surface area contributed by atoms with Gasteiger partial charge in [0.2, 0.25) is 0 Å². The van der Waals surface area contributed by atoms with Crippen molar-refractivity contribution in [2.24, 2.45) is 11.7 Å². The molecule has 2 nitrogen and oxygen atoms in total. The molecule has 1 aliphatic carbocycles. The van der Waals surface area contributed by atoms with Gasteiger partial charge in [-0.15, -0.1) is 11.3 Å². The Hall–Kier alpha value is -0.380. The third kappa shape index (κ3) is 2.90. The minimum Gasteiger partial charge on any atom is -0.329 e. The second-order valence-corrected chi connectivity index (χ2v) is 6.63. The maximum Gasteiger partial charge on any atom is 0.0416 e. The minimum absolute atomic E-state index is 0.143. The number of rotatable bonds is 6. The molecule has 0 radical (unpaired) electrons. The van der Waals surface area contributed by atoms with Gasteiger partial charge in [-0.25, -0.2) is 0 Å². The fraction of sp³-hybridized carbons (Fsp3) is 0.714. The molecular formula is C14H24N2S. The third-order valence-corrected chi connectivity index (χ3v) is 5.30. The highest BCUT2D eigenvalue weighted by molar-refractivity contribution is 7.10. The molecule has 96 valence electrons. The zero-order valence-corrected chi connectivity index (χ0v) is 12.0. The maximum absolute atomic E-state index is 6.04. The standard InChI is InChI=1S/C14H24N2S/c1-11(13-5-4-8-17-13)16(3)14(2,10-15)9-12-6-7-12/h4-5,8,11-12H,6-7,9-10,15H2,1-3H3. The van der Waals surface area contributed by atoms with Crippen LogP contribution in [0.25, 0.3) is 0 Å². The number of thiophene rings is 1. The highest BCUT2D eigenvalue weighted by Crippen LogP contribution is 2.40. The van der Waals surface area contributed by atoms with Gasteiger partial charge >= 0.3 is 0 Å². The second kappa shape index (κ2) is 5.09. The van der Waals surface area contributed by atoms with Gasteiger partial charge < -0.3 is 5.73 Å². The molecule has 0 aromatic carbocycles. The van der Waals surface area contributed by atoms with Crippen molar-refractivity contribution < 1.29 is 0 Å². The molecule has 3 heteroatoms. The average Bonchev–Trinajstić information content (AvgIpc) is 2.97. The van der Waals surface area contributed by atoms with Crippen molar-refractivity contribution in [2.45, 2.75) is 44.7 Å². The van der Waals surface area contributed by atoms with Gasteiger partial charge in [0, 0.05) is 23.0 Å². The summed E-state index contributed by atoms with van der Waals surface area (Å²) in [4.78, 5) is 3.90. The predicted octanol–water partition coefficient (Wildman–Crippen LogP) is 3.26. The first-order valence-electron chi connectivity index (χ1n) is 6.53. The zero-order valence-electron chi connectivity index (χ0n) is 11.1. The van der Waals surface area contributed by atoms with Crippen LogP contribution in [0.3, 0.4) is 0 Å². The lowest BCUT2D eigenvalue weighted by atomic mass is 9.91. The first kappa shape index (κ1) is 13.1. The molecule has 1 heterocycles. The van der Waals surface area contributed by atoms with Gasteiger partial charge in [0.1, 0.15) is 0 Å². The number of hydrogen-bond donors (Lipinski definition) is 1. The molecule has 1 saturated carbocycles. The summed E-state index contributed by atoms with van der Waals surface area (Å²) < 4.78 is 0. The first-order chi connectivity index (χ1) is 8.07. The van der Waals surface area contributed by atoms with E-state index in [9.17, 15) is 0 Å². The summed E-state index contributed by atoms with van der Waals surface area (Å²) >= 11 is 1.84. The Morgan fingerprint density at radius 2 is 2.29 bits per heavy atom. The van der Waals surface area contributed by atoms with Crippen LogP contribution in [0.5, 0.6) is 0 Å². The minimum atomic E-state index is 0.143. The molecule has 17 heavy (non-hydrogen) atoms. The molecule has 2 atom stereocenters. The molecule has 0 bridgehead atoms. The Balaban J connectivity index is 2.07. The molecule has 1 aromatic heterocycles. The van der Waals surface area contributed by atoms with Gasteiger partial charge in [-0.3, -0.25) is 4.90 Å². The van der Waals surface area contributed by atoms with E-state index in [0.29, 0.717) is 6.04 Å². The van der Waals surface area contributed by atoms with E-state index in [1.165, 1.54) is 24.1 Å². The Morgan fingerprint density at radius 3 is 2.76 bits per heavy atom. The summed E-state index contributed by atoms with van der Waals surface area (Å²) in [6, 6.07) is 4.81. The molecule has 0 amide bonds. The molecule has 1 aromatic rings. The smallest absolute Gasteiger partial charge is 0.0416 e. The van der Waals surface area contributed by atoms with Crippen molar-refractivity contribution in [3.05, 3.63) is 22.4 Å². The Kier molecular flexibility index (Phi) is 3.91. The van der Waals surface area contributed by atoms with Crippen LogP contribution in [0.4, 0.5) is 0 Å². The maximum atomic E-state index is 6.04. The molecule has 0 aliphatic heterocycles. The fourth-order valence-corrected chi connectivity index (χ4v) is 3.33. The number of likely N-dealkylation sites (N-methyl/N-ethyl adjacent to an activating group) is 1. The van der Waals surface area contributed by atoms with Crippen molar-refractivity contribution in [3.63, 3.8) is 0 Å². The molecule has 1 fully saturated rings. The molecule has 2 unspecified atom stereocenters. The average molecular weight is 252 g/mol. The largest absolute Gasteiger partial charge is 0.329 e. The monoisotopic (exact) mass is 252 g/mol. The van der Waals surface area contributed by atoms with Crippen molar-refractivity contribution >= 4 is 11.3 Å². The van der Waals surface area contributed by atoms with Gasteiger partial charge in [0.05, 0.1) is 0 Å². The van der Waals surface area contributed by atoms with Crippen LogP contribution in [-0.4, -0.2) is 24.0 Å². The number of hydrogen-bond acceptors (Lipinski definition) is 3. The third-order valence-electron chi connectivity index (χ3n) is 4.25. The lowest BCUT2D eigenvalue weighted by Crippen LogP contribution is -2.50. The summed E-state index contributed by atoms with van der Waals surface area (Å²) in [7, 11) is 2.22. The molecular weight excluding hydrogens is 228 g/mol. The molecule has 1 aliphatic rings. The first-order valence-corrected chi connectivity index (χ1v) is 7.41. The van der Waals surface area contributed by atoms with Crippen LogP contribution in [0.1, 0.15) is 44.0 Å². The van der Waals surface area contributed by atoms with Crippen molar-refractivity contribution in [2.75, 3.05) is 13.6 Å². The quantitative estimate of drug-likeness (QED) is 0.842. The summed E-state index contributed by atoms with van der Waals surface area (Å²) in [5, 5.41) is 2.15. The van der Waals surface area contributed by atoms with E-state index in [1.54, 1.807) is 0 Å². The van der Waals surface area contributed by atoms with Gasteiger partial charge in [-0.2, -0.15) is 0 Å². The van der Waals surface area contributed by atoms with Crippen LogP contribution in [0.15, 0.2) is 17.5 Å². The van der Waals surface area contributed by atoms with Crippen molar-refractivity contribution in [1.82, 2.24) is 4.90 Å². The lowest BCUT2D eigenvalue weighted by molar-refractivity contribution is 0.0880. The highest BCUT2D eigenvalue weighted by atomic mass is 32.1. The van der Waals surface area contributed by atoms with Crippen LogP contribution in [0.2, 0.25) is 0 Å². The van der Waals surface area contributed by atoms with Crippen LogP contribution in [0, 0.1) is 5.92 Å². The molecule has 0 spiro atoms. The Labute approximate surface area is 109 Å². The SMILES string of the molecule is CC(c1cccs1)N(C)C(C)(CN)CC1CC1. The van der Waals surface area contributed by atoms with Gasteiger partial charge in [0.15, 0.2) is 0 Å². The predicted molar refractivity (Wildman–Crippen MR) is 75.3 cm³/mol. The Morgan fingerprint density at radius 1 is 1.59 bits per heavy atom. The number of nitrogens with two attached hydrogens (primary N) is 1. The summed E-state index contributed by atoms with van der Waals surface area (Å²) in [5.41, 5.74) is 6.18. The second-order valence-electron chi connectivity index (χ2n) is 5.65. The number of nitrogens with zero attached hydrogens (tertiary/aromatic N) is 1. The summed E-state index contributed by atoms with van der Waals surface area (Å²) in [5.74, 6) is 0.918. The molecule has 0 saturated heterocycles. The van der Waals surface area contributed by atoms with Gasteiger partial charge in [0.25, 0.3) is 0 Å². The van der Waals surface area contributed by atoms with E-state index >= 15 is 0 Å². The van der Waals surface area contributed by atoms with E-state index in [-0.39, 0.29) is 5.54 Å². The van der Waals surface area contributed by atoms with Crippen LogP contribution in [-0.2, 0) is 0 Å². The van der Waals surface area contributed by atoms with E-state index < -0.39 is 0 Å². The highest BCUT2D eigenvalue weighted by Gasteiger charge is 2.37. The fourth-order valence-electron chi connectivity index (χ4n) is 2.50. The van der Waals surface area contributed by atoms with E-state index in [2.05, 4.69) is 43.3 Å². The van der Waals surface area contributed by atoms with Crippen LogP contribution < -0.4 is 5.73 Å². The van der Waals surface area contributed by atoms with Gasteiger partial charge in [-0.1, -0.05) is 18.9 Å². The topological polar surface area (TPSA) is 29.3 Å². The summed E-state index contributed by atoms with van der Waals surface area (Å²) in [6.45, 7) is 5.35.